The van der Waals surface area contributed by atoms with Crippen LogP contribution < -0.4 is 34.9 Å². The van der Waals surface area contributed by atoms with Crippen LogP contribution in [-0.2, 0) is 35.8 Å². The van der Waals surface area contributed by atoms with E-state index in [-0.39, 0.29) is 5.91 Å². The van der Waals surface area contributed by atoms with Gasteiger partial charge >= 0.3 is 0 Å². The molecule has 4 aromatic carbocycles. The molecule has 0 aliphatic heterocycles. The first-order valence-electron chi connectivity index (χ1n) is 21.4. The highest BCUT2D eigenvalue weighted by molar-refractivity contribution is 5.92. The molecule has 2 aromatic heterocycles. The average molecular weight is 784 g/mol. The number of Topliss-reactive ketones (excluding diaryl/α,β-unsaturated/α-hetero) is 1. The van der Waals surface area contributed by atoms with Crippen molar-refractivity contribution in [1.29, 1.82) is 0 Å². The number of pyridine rings is 2. The highest BCUT2D eigenvalue weighted by Crippen LogP contribution is 2.26. The Hall–Kier alpha value is -5.12. The predicted molar refractivity (Wildman–Crippen MR) is 242 cm³/mol. The zero-order chi connectivity index (χ0) is 41.0. The van der Waals surface area contributed by atoms with Crippen LogP contribution in [0.5, 0.6) is 0 Å². The molecule has 306 valence electrons. The van der Waals surface area contributed by atoms with E-state index < -0.39 is 0 Å². The van der Waals surface area contributed by atoms with Gasteiger partial charge in [0.1, 0.15) is 18.9 Å². The minimum atomic E-state index is 0.0815. The summed E-state index contributed by atoms with van der Waals surface area (Å²) in [7, 11) is 12.3. The van der Waals surface area contributed by atoms with Crippen molar-refractivity contribution in [3.8, 4) is 0 Å². The number of rotatable bonds is 22. The van der Waals surface area contributed by atoms with Crippen LogP contribution in [0.15, 0.2) is 84.9 Å². The summed E-state index contributed by atoms with van der Waals surface area (Å²) in [5, 5.41) is 14.6. The number of nitrogens with zero attached hydrogens (tertiary/aromatic N) is 4. The van der Waals surface area contributed by atoms with Gasteiger partial charge in [0.15, 0.2) is 0 Å². The van der Waals surface area contributed by atoms with Crippen LogP contribution in [0.4, 0.5) is 11.4 Å². The first-order chi connectivity index (χ1) is 28.1. The highest BCUT2D eigenvalue weighted by atomic mass is 16.1. The molecule has 0 fully saturated rings. The largest absolute Gasteiger partial charge is 0.377 e. The zero-order valence-electron chi connectivity index (χ0n) is 35.8. The van der Waals surface area contributed by atoms with E-state index in [9.17, 15) is 9.59 Å². The predicted octanol–water partition coefficient (Wildman–Crippen LogP) is 7.73. The van der Waals surface area contributed by atoms with Gasteiger partial charge in [0.2, 0.25) is 28.0 Å². The van der Waals surface area contributed by atoms with Crippen molar-refractivity contribution < 1.29 is 18.7 Å². The maximum Gasteiger partial charge on any atom is 0.219 e. The SMILES string of the molecule is CNCc1ccc2cc3ccc(CNC)cc3[n+](CCCCCC(=O)NCCCC(=O)CCCCC[n+]3c4cc(N(C)C)ccc4cc4ccc(N(C)C)cc43)c2c1. The molecule has 58 heavy (non-hydrogen) atoms. The van der Waals surface area contributed by atoms with Crippen molar-refractivity contribution in [2.75, 3.05) is 58.6 Å². The molecule has 1 amide bonds. The zero-order valence-corrected chi connectivity index (χ0v) is 35.8. The summed E-state index contributed by atoms with van der Waals surface area (Å²) < 4.78 is 4.93. The first-order valence-corrected chi connectivity index (χ1v) is 21.4. The van der Waals surface area contributed by atoms with E-state index in [2.05, 4.69) is 148 Å². The number of hydrogen-bond acceptors (Lipinski definition) is 6. The van der Waals surface area contributed by atoms with Crippen molar-refractivity contribution in [3.63, 3.8) is 0 Å². The smallest absolute Gasteiger partial charge is 0.219 e. The topological polar surface area (TPSA) is 84.5 Å². The lowest BCUT2D eigenvalue weighted by Crippen LogP contribution is -2.36. The summed E-state index contributed by atoms with van der Waals surface area (Å²) in [4.78, 5) is 29.7. The number of carbonyl (C=O) groups excluding carboxylic acids is 2. The van der Waals surface area contributed by atoms with Gasteiger partial charge in [-0.2, -0.15) is 9.13 Å². The monoisotopic (exact) mass is 784 g/mol. The molecule has 6 aromatic rings. The number of unbranched alkanes of at least 4 members (excludes halogenated alkanes) is 4. The lowest BCUT2D eigenvalue weighted by atomic mass is 10.0. The number of ketones is 1. The Kier molecular flexibility index (Phi) is 15.0. The molecule has 0 radical (unpaired) electrons. The molecule has 0 aliphatic rings. The van der Waals surface area contributed by atoms with E-state index >= 15 is 0 Å². The fourth-order valence-electron chi connectivity index (χ4n) is 8.15. The molecule has 0 bridgehead atoms. The highest BCUT2D eigenvalue weighted by Gasteiger charge is 2.19. The van der Waals surface area contributed by atoms with E-state index in [0.29, 0.717) is 38.0 Å². The van der Waals surface area contributed by atoms with Crippen LogP contribution in [0.1, 0.15) is 75.3 Å². The van der Waals surface area contributed by atoms with Crippen molar-refractivity contribution in [2.24, 2.45) is 0 Å². The fraction of sp³-hybridized carbons (Fsp3) is 0.429. The summed E-state index contributed by atoms with van der Waals surface area (Å²) in [6.45, 7) is 4.02. The number of hydrogen-bond donors (Lipinski definition) is 3. The van der Waals surface area contributed by atoms with Gasteiger partial charge in [-0.25, -0.2) is 0 Å². The Morgan fingerprint density at radius 1 is 0.500 bits per heavy atom. The molecule has 6 rings (SSSR count). The van der Waals surface area contributed by atoms with Gasteiger partial charge in [0, 0.05) is 137 Å². The van der Waals surface area contributed by atoms with E-state index in [1.54, 1.807) is 0 Å². The molecule has 0 saturated carbocycles. The van der Waals surface area contributed by atoms with Crippen LogP contribution in [0.25, 0.3) is 43.6 Å². The Labute approximate surface area is 345 Å². The Morgan fingerprint density at radius 2 is 0.931 bits per heavy atom. The van der Waals surface area contributed by atoms with Gasteiger partial charge < -0.3 is 25.8 Å². The summed E-state index contributed by atoms with van der Waals surface area (Å²) in [5.74, 6) is 0.372. The quantitative estimate of drug-likeness (QED) is 0.0372. The molecular weight excluding hydrogens is 719 g/mol. The Balaban J connectivity index is 0.917. The van der Waals surface area contributed by atoms with Gasteiger partial charge in [-0.05, 0) is 106 Å². The number of aromatic nitrogens is 2. The van der Waals surface area contributed by atoms with Gasteiger partial charge in [-0.3, -0.25) is 9.59 Å². The second-order valence-electron chi connectivity index (χ2n) is 16.3. The molecule has 0 saturated heterocycles. The lowest BCUT2D eigenvalue weighted by Gasteiger charge is -2.15. The number of aryl methyl sites for hydroxylation is 2. The number of nitrogens with one attached hydrogen (secondary N) is 3. The molecular formula is C49H65N7O2+2. The van der Waals surface area contributed by atoms with Crippen LogP contribution in [0.3, 0.4) is 0 Å². The average Bonchev–Trinajstić information content (AvgIpc) is 3.21. The van der Waals surface area contributed by atoms with E-state index in [1.807, 2.05) is 14.1 Å². The number of carbonyl (C=O) groups is 2. The standard InChI is InChI=1S/C49H64N7O2/c1-50-34-36-17-19-38-30-39-20-18-37(35-51-2)29-46(39)55(45(38)28-36)26-12-8-10-16-49(58)52-25-13-15-44(57)14-9-7-11-27-56-47-32-42(53(3)4)23-21-40(47)31-41-22-24-43(54(5)6)33-48(41)56/h17-24,28-33,50-51H,7-16,25-27,34-35H2,1-6H3/q+1/p+1. The molecule has 9 heteroatoms. The third kappa shape index (κ3) is 10.9. The van der Waals surface area contributed by atoms with Crippen molar-refractivity contribution in [1.82, 2.24) is 16.0 Å². The minimum absolute atomic E-state index is 0.0815. The molecule has 0 aliphatic carbocycles. The lowest BCUT2D eigenvalue weighted by molar-refractivity contribution is -0.646. The number of benzene rings is 4. The second kappa shape index (κ2) is 20.5. The maximum atomic E-state index is 12.8. The van der Waals surface area contributed by atoms with E-state index in [1.165, 1.54) is 66.1 Å². The second-order valence-corrected chi connectivity index (χ2v) is 16.3. The molecule has 0 atom stereocenters. The number of anilines is 2. The minimum Gasteiger partial charge on any atom is -0.377 e. The number of amides is 1. The van der Waals surface area contributed by atoms with E-state index in [0.717, 1.165) is 64.7 Å². The molecule has 3 N–H and O–H groups in total. The Bertz CT molecular complexity index is 2220. The molecule has 0 unspecified atom stereocenters. The van der Waals surface area contributed by atoms with Crippen LogP contribution in [0.2, 0.25) is 0 Å². The number of fused-ring (bicyclic) bond motifs is 4. The van der Waals surface area contributed by atoms with E-state index in [4.69, 9.17) is 0 Å². The van der Waals surface area contributed by atoms with Gasteiger partial charge in [0.05, 0.1) is 0 Å². The first kappa shape index (κ1) is 42.5. The van der Waals surface area contributed by atoms with Crippen molar-refractivity contribution >= 4 is 66.7 Å². The summed E-state index contributed by atoms with van der Waals surface area (Å²) in [6, 6.07) is 31.4. The van der Waals surface area contributed by atoms with Gasteiger partial charge in [-0.15, -0.1) is 0 Å². The van der Waals surface area contributed by atoms with Crippen LogP contribution >= 0.6 is 0 Å². The normalized spacial score (nSPS) is 11.6. The maximum absolute atomic E-state index is 12.8. The molecule has 0 spiro atoms. The van der Waals surface area contributed by atoms with Crippen LogP contribution in [-0.4, -0.2) is 60.5 Å². The Morgan fingerprint density at radius 3 is 1.40 bits per heavy atom. The summed E-state index contributed by atoms with van der Waals surface area (Å²) in [5.41, 5.74) is 9.88. The van der Waals surface area contributed by atoms with Gasteiger partial charge in [0.25, 0.3) is 0 Å². The third-order valence-electron chi connectivity index (χ3n) is 11.4. The summed E-state index contributed by atoms with van der Waals surface area (Å²) in [6.07, 6.45) is 8.06. The van der Waals surface area contributed by atoms with Crippen molar-refractivity contribution in [2.45, 2.75) is 90.4 Å². The fourth-order valence-corrected chi connectivity index (χ4v) is 8.15. The molecule has 9 nitrogen and oxygen atoms in total. The summed E-state index contributed by atoms with van der Waals surface area (Å²) >= 11 is 0. The van der Waals surface area contributed by atoms with Crippen molar-refractivity contribution in [3.05, 3.63) is 96.1 Å². The third-order valence-corrected chi connectivity index (χ3v) is 11.4. The van der Waals surface area contributed by atoms with Crippen LogP contribution in [0, 0.1) is 0 Å². The molecule has 2 heterocycles. The van der Waals surface area contributed by atoms with Gasteiger partial charge in [-0.1, -0.05) is 12.1 Å².